The third-order valence-corrected chi connectivity index (χ3v) is 3.15. The number of hydrogen-bond donors (Lipinski definition) is 2. The molecule has 0 bridgehead atoms. The molecule has 1 rings (SSSR count). The molecular weight excluding hydrogens is 271 g/mol. The summed E-state index contributed by atoms with van der Waals surface area (Å²) in [4.78, 5) is 0. The largest absolute Gasteiger partial charge is 0.397 e. The molecule has 102 valence electrons. The van der Waals surface area contributed by atoms with E-state index < -0.39 is 34.0 Å². The maximum absolute atomic E-state index is 12.9. The Labute approximate surface area is 102 Å². The van der Waals surface area contributed by atoms with Crippen molar-refractivity contribution >= 4 is 10.1 Å². The van der Waals surface area contributed by atoms with Gasteiger partial charge < -0.3 is 5.73 Å². The molecule has 2 atom stereocenters. The van der Waals surface area contributed by atoms with Crippen molar-refractivity contribution in [1.82, 2.24) is 0 Å². The van der Waals surface area contributed by atoms with Crippen molar-refractivity contribution in [2.45, 2.75) is 18.1 Å². The average molecular weight is 283 g/mol. The van der Waals surface area contributed by atoms with Gasteiger partial charge in [0, 0.05) is 6.04 Å². The van der Waals surface area contributed by atoms with Crippen LogP contribution >= 0.6 is 0 Å². The van der Waals surface area contributed by atoms with Crippen LogP contribution in [0.1, 0.15) is 11.5 Å². The van der Waals surface area contributed by atoms with Gasteiger partial charge in [0.2, 0.25) is 0 Å². The van der Waals surface area contributed by atoms with E-state index in [1.807, 2.05) is 0 Å². The predicted octanol–water partition coefficient (Wildman–Crippen LogP) is 1.55. The van der Waals surface area contributed by atoms with E-state index >= 15 is 0 Å². The third-order valence-electron chi connectivity index (χ3n) is 2.34. The topological polar surface area (TPSA) is 80.4 Å². The molecule has 8 heteroatoms. The van der Waals surface area contributed by atoms with Crippen molar-refractivity contribution in [2.75, 3.05) is 5.75 Å². The zero-order valence-corrected chi connectivity index (χ0v) is 9.95. The summed E-state index contributed by atoms with van der Waals surface area (Å²) in [6.07, 6.45) is -4.69. The van der Waals surface area contributed by atoms with E-state index in [1.54, 1.807) is 0 Å². The highest BCUT2D eigenvalue weighted by molar-refractivity contribution is 7.85. The summed E-state index contributed by atoms with van der Waals surface area (Å²) in [6.45, 7) is 0. The summed E-state index contributed by atoms with van der Waals surface area (Å²) in [6, 6.07) is 4.99. The Bertz CT molecular complexity index is 487. The van der Waals surface area contributed by atoms with E-state index in [9.17, 15) is 21.6 Å². The fourth-order valence-electron chi connectivity index (χ4n) is 1.68. The zero-order chi connectivity index (χ0) is 14.0. The molecule has 0 amide bonds. The van der Waals surface area contributed by atoms with Gasteiger partial charge in [-0.15, -0.1) is 0 Å². The van der Waals surface area contributed by atoms with Crippen LogP contribution in [0.5, 0.6) is 0 Å². The van der Waals surface area contributed by atoms with Gasteiger partial charge in [0.25, 0.3) is 10.1 Å². The second-order valence-corrected chi connectivity index (χ2v) is 5.34. The van der Waals surface area contributed by atoms with Gasteiger partial charge in [-0.1, -0.05) is 30.3 Å². The zero-order valence-electron chi connectivity index (χ0n) is 9.13. The quantitative estimate of drug-likeness (QED) is 0.821. The monoisotopic (exact) mass is 283 g/mol. The summed E-state index contributed by atoms with van der Waals surface area (Å²) >= 11 is 0. The Morgan fingerprint density at radius 2 is 1.72 bits per heavy atom. The first-order chi connectivity index (χ1) is 8.11. The number of alkyl halides is 3. The van der Waals surface area contributed by atoms with E-state index in [0.29, 0.717) is 0 Å². The SMILES string of the molecule is NC(CS(=O)(=O)O)C(c1ccccc1)C(F)(F)F. The molecule has 0 heterocycles. The van der Waals surface area contributed by atoms with Crippen LogP contribution in [0.2, 0.25) is 0 Å². The van der Waals surface area contributed by atoms with E-state index in [-0.39, 0.29) is 5.56 Å². The van der Waals surface area contributed by atoms with Crippen LogP contribution in [0.15, 0.2) is 30.3 Å². The Morgan fingerprint density at radius 3 is 2.11 bits per heavy atom. The number of hydrogen-bond acceptors (Lipinski definition) is 3. The van der Waals surface area contributed by atoms with Crippen molar-refractivity contribution in [3.05, 3.63) is 35.9 Å². The normalized spacial score (nSPS) is 16.3. The van der Waals surface area contributed by atoms with Crippen molar-refractivity contribution in [3.63, 3.8) is 0 Å². The minimum absolute atomic E-state index is 0.138. The maximum Gasteiger partial charge on any atom is 0.397 e. The number of rotatable bonds is 4. The molecule has 18 heavy (non-hydrogen) atoms. The van der Waals surface area contributed by atoms with Crippen molar-refractivity contribution < 1.29 is 26.1 Å². The van der Waals surface area contributed by atoms with E-state index in [2.05, 4.69) is 0 Å². The van der Waals surface area contributed by atoms with E-state index in [1.165, 1.54) is 30.3 Å². The molecule has 4 nitrogen and oxygen atoms in total. The molecule has 3 N–H and O–H groups in total. The molecule has 1 aromatic rings. The fourth-order valence-corrected chi connectivity index (χ4v) is 2.36. The first kappa shape index (κ1) is 14.9. The molecule has 2 unspecified atom stereocenters. The van der Waals surface area contributed by atoms with Gasteiger partial charge in [0.15, 0.2) is 0 Å². The smallest absolute Gasteiger partial charge is 0.326 e. The Morgan fingerprint density at radius 1 is 1.22 bits per heavy atom. The molecular formula is C10H12F3NO3S. The van der Waals surface area contributed by atoms with Gasteiger partial charge in [-0.05, 0) is 5.56 Å². The molecule has 1 aromatic carbocycles. The molecule has 0 spiro atoms. The van der Waals surface area contributed by atoms with Gasteiger partial charge in [0.1, 0.15) is 0 Å². The lowest BCUT2D eigenvalue weighted by Gasteiger charge is -2.25. The van der Waals surface area contributed by atoms with Crippen molar-refractivity contribution in [2.24, 2.45) is 5.73 Å². The van der Waals surface area contributed by atoms with Crippen LogP contribution in [0.25, 0.3) is 0 Å². The Hall–Kier alpha value is -1.12. The van der Waals surface area contributed by atoms with Crippen LogP contribution in [-0.4, -0.2) is 30.9 Å². The van der Waals surface area contributed by atoms with Crippen LogP contribution in [0.3, 0.4) is 0 Å². The highest BCUT2D eigenvalue weighted by Crippen LogP contribution is 2.36. The summed E-state index contributed by atoms with van der Waals surface area (Å²) in [7, 11) is -4.56. The lowest BCUT2D eigenvalue weighted by Crippen LogP contribution is -2.42. The average Bonchev–Trinajstić information content (AvgIpc) is 2.13. The van der Waals surface area contributed by atoms with Gasteiger partial charge in [0.05, 0.1) is 11.7 Å². The third kappa shape index (κ3) is 4.28. The molecule has 0 fully saturated rings. The number of halogens is 3. The maximum atomic E-state index is 12.9. The molecule has 0 radical (unpaired) electrons. The minimum atomic E-state index is -4.69. The lowest BCUT2D eigenvalue weighted by molar-refractivity contribution is -0.153. The highest BCUT2D eigenvalue weighted by atomic mass is 32.2. The molecule has 0 aliphatic heterocycles. The van der Waals surface area contributed by atoms with E-state index in [0.717, 1.165) is 0 Å². The standard InChI is InChI=1S/C10H12F3NO3S/c11-10(12,13)9(7-4-2-1-3-5-7)8(14)6-18(15,16)17/h1-5,8-9H,6,14H2,(H,15,16,17). The Kier molecular flexibility index (Phi) is 4.36. The summed E-state index contributed by atoms with van der Waals surface area (Å²) in [5.74, 6) is -3.29. The summed E-state index contributed by atoms with van der Waals surface area (Å²) < 4.78 is 68.4. The van der Waals surface area contributed by atoms with Crippen LogP contribution in [0, 0.1) is 0 Å². The highest BCUT2D eigenvalue weighted by Gasteiger charge is 2.45. The lowest BCUT2D eigenvalue weighted by atomic mass is 9.92. The van der Waals surface area contributed by atoms with Gasteiger partial charge >= 0.3 is 6.18 Å². The van der Waals surface area contributed by atoms with Crippen molar-refractivity contribution in [1.29, 1.82) is 0 Å². The minimum Gasteiger partial charge on any atom is -0.326 e. The number of benzene rings is 1. The molecule has 0 saturated carbocycles. The predicted molar refractivity (Wildman–Crippen MR) is 59.6 cm³/mol. The molecule has 0 saturated heterocycles. The number of nitrogens with two attached hydrogens (primary N) is 1. The summed E-state index contributed by atoms with van der Waals surface area (Å²) in [5.41, 5.74) is 5.13. The molecule has 0 aromatic heterocycles. The van der Waals surface area contributed by atoms with Crippen LogP contribution in [-0.2, 0) is 10.1 Å². The fraction of sp³-hybridized carbons (Fsp3) is 0.400. The first-order valence-electron chi connectivity index (χ1n) is 4.93. The van der Waals surface area contributed by atoms with E-state index in [4.69, 9.17) is 10.3 Å². The van der Waals surface area contributed by atoms with Crippen LogP contribution < -0.4 is 5.73 Å². The van der Waals surface area contributed by atoms with Crippen molar-refractivity contribution in [3.8, 4) is 0 Å². The molecule has 0 aliphatic carbocycles. The van der Waals surface area contributed by atoms with Crippen LogP contribution in [0.4, 0.5) is 13.2 Å². The van der Waals surface area contributed by atoms with Gasteiger partial charge in [-0.25, -0.2) is 0 Å². The summed E-state index contributed by atoms with van der Waals surface area (Å²) in [5, 5.41) is 0. The van der Waals surface area contributed by atoms with Gasteiger partial charge in [-0.3, -0.25) is 4.55 Å². The molecule has 0 aliphatic rings. The second-order valence-electron chi connectivity index (χ2n) is 3.84. The first-order valence-corrected chi connectivity index (χ1v) is 6.54. The van der Waals surface area contributed by atoms with Gasteiger partial charge in [-0.2, -0.15) is 21.6 Å². The second kappa shape index (κ2) is 5.25. The Balaban J connectivity index is 3.08.